The van der Waals surface area contributed by atoms with Crippen molar-refractivity contribution >= 4 is 5.91 Å². The second-order valence-corrected chi connectivity index (χ2v) is 3.98. The first-order valence-electron chi connectivity index (χ1n) is 5.66. The number of hydrogen-bond donors (Lipinski definition) is 2. The van der Waals surface area contributed by atoms with Crippen LogP contribution in [0.2, 0.25) is 0 Å². The van der Waals surface area contributed by atoms with Crippen molar-refractivity contribution in [3.63, 3.8) is 0 Å². The van der Waals surface area contributed by atoms with Crippen LogP contribution in [0.4, 0.5) is 0 Å². The lowest BCUT2D eigenvalue weighted by Gasteiger charge is -2.14. The van der Waals surface area contributed by atoms with Gasteiger partial charge in [-0.05, 0) is 6.42 Å². The van der Waals surface area contributed by atoms with Crippen molar-refractivity contribution in [1.82, 2.24) is 14.5 Å². The number of aliphatic hydroxyl groups is 1. The Morgan fingerprint density at radius 1 is 1.50 bits per heavy atom. The zero-order chi connectivity index (χ0) is 13.7. The van der Waals surface area contributed by atoms with Crippen molar-refractivity contribution in [3.8, 4) is 0 Å². The van der Waals surface area contributed by atoms with E-state index in [1.807, 2.05) is 6.92 Å². The number of carbonyl (C=O) groups is 1. The molecule has 2 N–H and O–H groups in total. The first kappa shape index (κ1) is 14.2. The molecule has 1 rings (SSSR count). The van der Waals surface area contributed by atoms with E-state index in [0.29, 0.717) is 6.42 Å². The second-order valence-electron chi connectivity index (χ2n) is 3.98. The third-order valence-electron chi connectivity index (χ3n) is 2.65. The Morgan fingerprint density at radius 2 is 2.17 bits per heavy atom. The summed E-state index contributed by atoms with van der Waals surface area (Å²) >= 11 is 0. The zero-order valence-electron chi connectivity index (χ0n) is 10.4. The molecule has 0 radical (unpaired) electrons. The highest BCUT2D eigenvalue weighted by Crippen LogP contribution is 1.89. The Hall–Kier alpha value is -1.89. The molecule has 0 bridgehead atoms. The summed E-state index contributed by atoms with van der Waals surface area (Å²) in [5.41, 5.74) is -0.965. The van der Waals surface area contributed by atoms with Gasteiger partial charge in [-0.25, -0.2) is 4.79 Å². The molecule has 1 aromatic heterocycles. The number of nitrogens with one attached hydrogen (secondary N) is 1. The average molecular weight is 255 g/mol. The largest absolute Gasteiger partial charge is 0.394 e. The number of carbonyl (C=O) groups excluding carboxylic acids is 1. The van der Waals surface area contributed by atoms with Crippen LogP contribution in [0.25, 0.3) is 0 Å². The molecule has 1 amide bonds. The van der Waals surface area contributed by atoms with Crippen molar-refractivity contribution in [1.29, 1.82) is 0 Å². The summed E-state index contributed by atoms with van der Waals surface area (Å²) in [5, 5.41) is 11.5. The maximum Gasteiger partial charge on any atom is 0.331 e. The number of amides is 1. The fourth-order valence-corrected chi connectivity index (χ4v) is 1.44. The van der Waals surface area contributed by atoms with E-state index in [1.165, 1.54) is 19.3 Å². The molecule has 7 heteroatoms. The van der Waals surface area contributed by atoms with Gasteiger partial charge >= 0.3 is 5.69 Å². The number of aromatic nitrogens is 2. The molecule has 18 heavy (non-hydrogen) atoms. The highest BCUT2D eigenvalue weighted by Gasteiger charge is 2.11. The predicted molar refractivity (Wildman–Crippen MR) is 65.3 cm³/mol. The molecule has 1 heterocycles. The lowest BCUT2D eigenvalue weighted by atomic mass is 10.2. The molecule has 7 nitrogen and oxygen atoms in total. The average Bonchev–Trinajstić information content (AvgIpc) is 2.36. The van der Waals surface area contributed by atoms with Crippen molar-refractivity contribution < 1.29 is 9.90 Å². The SMILES string of the molecule is CC[C@H](CO)NC(=O)Cn1ccc(=O)n(C)c1=O. The molecule has 0 aliphatic heterocycles. The van der Waals surface area contributed by atoms with E-state index in [0.717, 1.165) is 9.13 Å². The highest BCUT2D eigenvalue weighted by molar-refractivity contribution is 5.76. The number of hydrogen-bond acceptors (Lipinski definition) is 4. The van der Waals surface area contributed by atoms with Gasteiger partial charge < -0.3 is 10.4 Å². The van der Waals surface area contributed by atoms with Crippen molar-refractivity contribution in [3.05, 3.63) is 33.1 Å². The van der Waals surface area contributed by atoms with E-state index in [2.05, 4.69) is 5.32 Å². The third-order valence-corrected chi connectivity index (χ3v) is 2.65. The van der Waals surface area contributed by atoms with E-state index < -0.39 is 11.2 Å². The molecule has 0 saturated carbocycles. The summed E-state index contributed by atoms with van der Waals surface area (Å²) in [4.78, 5) is 34.4. The molecule has 1 atom stereocenters. The summed E-state index contributed by atoms with van der Waals surface area (Å²) < 4.78 is 2.07. The zero-order valence-corrected chi connectivity index (χ0v) is 10.4. The summed E-state index contributed by atoms with van der Waals surface area (Å²) in [7, 11) is 1.35. The fraction of sp³-hybridized carbons (Fsp3) is 0.545. The Bertz CT molecular complexity index is 528. The van der Waals surface area contributed by atoms with Crippen LogP contribution in [0, 0.1) is 0 Å². The Balaban J connectivity index is 2.80. The van der Waals surface area contributed by atoms with Crippen LogP contribution >= 0.6 is 0 Å². The maximum atomic E-state index is 11.6. The first-order chi connectivity index (χ1) is 8.49. The Morgan fingerprint density at radius 3 is 2.72 bits per heavy atom. The first-order valence-corrected chi connectivity index (χ1v) is 5.66. The number of nitrogens with zero attached hydrogens (tertiary/aromatic N) is 2. The van der Waals surface area contributed by atoms with E-state index in [9.17, 15) is 14.4 Å². The van der Waals surface area contributed by atoms with Crippen LogP contribution in [0.5, 0.6) is 0 Å². The summed E-state index contributed by atoms with van der Waals surface area (Å²) in [5.74, 6) is -0.378. The van der Waals surface area contributed by atoms with E-state index in [1.54, 1.807) is 0 Å². The van der Waals surface area contributed by atoms with Gasteiger partial charge in [0, 0.05) is 19.3 Å². The fourth-order valence-electron chi connectivity index (χ4n) is 1.44. The van der Waals surface area contributed by atoms with Crippen molar-refractivity contribution in [2.75, 3.05) is 6.61 Å². The van der Waals surface area contributed by atoms with Crippen LogP contribution in [-0.4, -0.2) is 32.8 Å². The Labute approximate surface area is 104 Å². The smallest absolute Gasteiger partial charge is 0.331 e. The van der Waals surface area contributed by atoms with Crippen LogP contribution in [0.15, 0.2) is 21.9 Å². The quantitative estimate of drug-likeness (QED) is 0.665. The van der Waals surface area contributed by atoms with Crippen LogP contribution in [-0.2, 0) is 18.4 Å². The molecule has 0 aliphatic rings. The van der Waals surface area contributed by atoms with Gasteiger partial charge in [-0.2, -0.15) is 0 Å². The molecule has 0 spiro atoms. The summed E-state index contributed by atoms with van der Waals surface area (Å²) in [6.07, 6.45) is 1.88. The van der Waals surface area contributed by atoms with Gasteiger partial charge in [0.2, 0.25) is 5.91 Å². The minimum atomic E-state index is -0.547. The Kier molecular flexibility index (Phi) is 4.85. The standard InChI is InChI=1S/C11H17N3O4/c1-3-8(7-15)12-9(16)6-14-5-4-10(17)13(2)11(14)18/h4-5,8,15H,3,6-7H2,1-2H3,(H,12,16)/t8-/m1/s1. The van der Waals surface area contributed by atoms with Gasteiger partial charge in [-0.15, -0.1) is 0 Å². The molecule has 0 aliphatic carbocycles. The predicted octanol–water partition coefficient (Wildman–Crippen LogP) is -1.57. The van der Waals surface area contributed by atoms with E-state index in [-0.39, 0.29) is 25.1 Å². The van der Waals surface area contributed by atoms with Crippen LogP contribution < -0.4 is 16.6 Å². The summed E-state index contributed by atoms with van der Waals surface area (Å²) in [6, 6.07) is 0.901. The monoisotopic (exact) mass is 255 g/mol. The maximum absolute atomic E-state index is 11.6. The number of aliphatic hydroxyl groups excluding tert-OH is 1. The molecule has 0 unspecified atom stereocenters. The minimum Gasteiger partial charge on any atom is -0.394 e. The molecule has 100 valence electrons. The normalized spacial score (nSPS) is 12.2. The molecular formula is C11H17N3O4. The number of rotatable bonds is 5. The molecular weight excluding hydrogens is 238 g/mol. The molecule has 1 aromatic rings. The van der Waals surface area contributed by atoms with Gasteiger partial charge in [0.05, 0.1) is 12.6 Å². The van der Waals surface area contributed by atoms with Gasteiger partial charge in [-0.1, -0.05) is 6.92 Å². The lowest BCUT2D eigenvalue weighted by molar-refractivity contribution is -0.122. The third kappa shape index (κ3) is 3.30. The molecule has 0 aromatic carbocycles. The van der Waals surface area contributed by atoms with Crippen molar-refractivity contribution in [2.45, 2.75) is 25.9 Å². The lowest BCUT2D eigenvalue weighted by Crippen LogP contribution is -2.43. The molecule has 0 fully saturated rings. The van der Waals surface area contributed by atoms with Gasteiger partial charge in [0.15, 0.2) is 0 Å². The molecule has 0 saturated heterocycles. The highest BCUT2D eigenvalue weighted by atomic mass is 16.3. The summed E-state index contributed by atoms with van der Waals surface area (Å²) in [6.45, 7) is 1.51. The second kappa shape index (κ2) is 6.15. The van der Waals surface area contributed by atoms with Gasteiger partial charge in [0.25, 0.3) is 5.56 Å². The van der Waals surface area contributed by atoms with E-state index >= 15 is 0 Å². The van der Waals surface area contributed by atoms with Gasteiger partial charge in [-0.3, -0.25) is 18.7 Å². The van der Waals surface area contributed by atoms with E-state index in [4.69, 9.17) is 5.11 Å². The van der Waals surface area contributed by atoms with Crippen LogP contribution in [0.3, 0.4) is 0 Å². The van der Waals surface area contributed by atoms with Gasteiger partial charge in [0.1, 0.15) is 6.54 Å². The topological polar surface area (TPSA) is 93.3 Å². The van der Waals surface area contributed by atoms with Crippen molar-refractivity contribution in [2.24, 2.45) is 7.05 Å². The minimum absolute atomic E-state index is 0.148. The van der Waals surface area contributed by atoms with Crippen LogP contribution in [0.1, 0.15) is 13.3 Å².